The molecular formula is C13H16. The van der Waals surface area contributed by atoms with E-state index >= 15 is 0 Å². The molecular weight excluding hydrogens is 156 g/mol. The van der Waals surface area contributed by atoms with Crippen molar-refractivity contribution >= 4 is 0 Å². The lowest BCUT2D eigenvalue weighted by Gasteiger charge is -2.36. The second-order valence-corrected chi connectivity index (χ2v) is 6.50. The fourth-order valence-electron chi connectivity index (χ4n) is 4.79. The van der Waals surface area contributed by atoms with Gasteiger partial charge in [0.25, 0.3) is 0 Å². The summed E-state index contributed by atoms with van der Waals surface area (Å²) in [5.41, 5.74) is 4.78. The highest BCUT2D eigenvalue weighted by molar-refractivity contribution is 5.51. The highest BCUT2D eigenvalue weighted by Crippen LogP contribution is 2.81. The van der Waals surface area contributed by atoms with Gasteiger partial charge in [-0.25, -0.2) is 0 Å². The van der Waals surface area contributed by atoms with E-state index in [1.807, 2.05) is 11.1 Å². The third kappa shape index (κ3) is 0.510. The lowest BCUT2D eigenvalue weighted by molar-refractivity contribution is 0.180. The van der Waals surface area contributed by atoms with Crippen LogP contribution < -0.4 is 0 Å². The van der Waals surface area contributed by atoms with Crippen LogP contribution in [0.1, 0.15) is 32.6 Å². The third-order valence-corrected chi connectivity index (χ3v) is 5.82. The summed E-state index contributed by atoms with van der Waals surface area (Å²) in [5.74, 6) is 5.71. The maximum atomic E-state index is 2.56. The molecule has 0 spiro atoms. The zero-order valence-electron chi connectivity index (χ0n) is 8.22. The fourth-order valence-corrected chi connectivity index (χ4v) is 4.79. The molecule has 0 amide bonds. The molecule has 0 N–H and O–H groups in total. The summed E-state index contributed by atoms with van der Waals surface area (Å²) in [6.07, 6.45) is 6.20. The molecule has 0 heterocycles. The molecule has 0 aromatic heterocycles. The second kappa shape index (κ2) is 1.43. The topological polar surface area (TPSA) is 0 Å². The first-order chi connectivity index (χ1) is 6.30. The van der Waals surface area contributed by atoms with Gasteiger partial charge in [0.15, 0.2) is 0 Å². The molecule has 4 saturated carbocycles. The van der Waals surface area contributed by atoms with Crippen LogP contribution in [0.4, 0.5) is 0 Å². The molecule has 5 aliphatic rings. The molecule has 5 unspecified atom stereocenters. The van der Waals surface area contributed by atoms with Gasteiger partial charge in [-0.05, 0) is 60.7 Å². The maximum absolute atomic E-state index is 2.56. The smallest absolute Gasteiger partial charge is 0.0123 e. The Balaban J connectivity index is 1.64. The Morgan fingerprint density at radius 3 is 2.85 bits per heavy atom. The molecule has 0 nitrogen and oxygen atoms in total. The summed E-state index contributed by atoms with van der Waals surface area (Å²) in [6, 6.07) is 0. The average Bonchev–Trinajstić information content (AvgIpc) is 2.94. The van der Waals surface area contributed by atoms with Gasteiger partial charge in [0.2, 0.25) is 0 Å². The number of allylic oxidation sites excluding steroid dienone is 2. The molecule has 13 heavy (non-hydrogen) atoms. The Morgan fingerprint density at radius 1 is 1.23 bits per heavy atom. The van der Waals surface area contributed by atoms with Crippen molar-refractivity contribution in [2.45, 2.75) is 32.6 Å². The minimum Gasteiger partial charge on any atom is -0.0661 e. The first kappa shape index (κ1) is 6.27. The molecule has 68 valence electrons. The minimum absolute atomic E-state index is 0.812. The van der Waals surface area contributed by atoms with Crippen molar-refractivity contribution in [1.82, 2.24) is 0 Å². The van der Waals surface area contributed by atoms with Crippen molar-refractivity contribution in [3.63, 3.8) is 0 Å². The zero-order valence-corrected chi connectivity index (χ0v) is 8.22. The average molecular weight is 172 g/mol. The Morgan fingerprint density at radius 2 is 2.08 bits per heavy atom. The molecule has 4 fully saturated rings. The molecule has 5 rings (SSSR count). The molecule has 0 radical (unpaired) electrons. The van der Waals surface area contributed by atoms with Crippen LogP contribution in [0.3, 0.4) is 0 Å². The van der Waals surface area contributed by atoms with Gasteiger partial charge in [-0.3, -0.25) is 0 Å². The van der Waals surface area contributed by atoms with Gasteiger partial charge in [0.1, 0.15) is 0 Å². The van der Waals surface area contributed by atoms with Gasteiger partial charge in [-0.1, -0.05) is 18.1 Å². The minimum atomic E-state index is 0.812. The van der Waals surface area contributed by atoms with Crippen LogP contribution in [0.15, 0.2) is 11.1 Å². The van der Waals surface area contributed by atoms with Crippen molar-refractivity contribution < 1.29 is 0 Å². The van der Waals surface area contributed by atoms with E-state index in [9.17, 15) is 0 Å². The Labute approximate surface area is 79.4 Å². The van der Waals surface area contributed by atoms with Crippen LogP contribution >= 0.6 is 0 Å². The normalized spacial score (nSPS) is 62.1. The van der Waals surface area contributed by atoms with Crippen LogP contribution in [-0.2, 0) is 0 Å². The van der Waals surface area contributed by atoms with Gasteiger partial charge in [0, 0.05) is 0 Å². The van der Waals surface area contributed by atoms with E-state index in [0.29, 0.717) is 0 Å². The van der Waals surface area contributed by atoms with Crippen molar-refractivity contribution in [2.24, 2.45) is 35.0 Å². The summed E-state index contributed by atoms with van der Waals surface area (Å²) in [4.78, 5) is 0. The van der Waals surface area contributed by atoms with Crippen LogP contribution in [0, 0.1) is 35.0 Å². The predicted octanol–water partition coefficient (Wildman–Crippen LogP) is 3.00. The predicted molar refractivity (Wildman–Crippen MR) is 51.1 cm³/mol. The zero-order chi connectivity index (χ0) is 8.37. The van der Waals surface area contributed by atoms with Crippen molar-refractivity contribution in [2.75, 3.05) is 0 Å². The monoisotopic (exact) mass is 172 g/mol. The van der Waals surface area contributed by atoms with E-state index in [1.165, 1.54) is 12.3 Å². The lowest BCUT2D eigenvalue weighted by Crippen LogP contribution is -2.31. The van der Waals surface area contributed by atoms with Crippen LogP contribution in [0.2, 0.25) is 0 Å². The van der Waals surface area contributed by atoms with Gasteiger partial charge in [0.05, 0.1) is 0 Å². The van der Waals surface area contributed by atoms with Gasteiger partial charge in [-0.15, -0.1) is 0 Å². The van der Waals surface area contributed by atoms with Crippen LogP contribution in [-0.4, -0.2) is 0 Å². The van der Waals surface area contributed by atoms with Crippen molar-refractivity contribution in [3.8, 4) is 0 Å². The highest BCUT2D eigenvalue weighted by Gasteiger charge is 2.72. The second-order valence-electron chi connectivity index (χ2n) is 6.50. The summed E-state index contributed by atoms with van der Waals surface area (Å²) in [5, 5.41) is 0. The lowest BCUT2D eigenvalue weighted by atomic mass is 9.68. The SMILES string of the molecule is CC1(C2C3CC3=C3C4CC4C32)CC1. The Kier molecular flexibility index (Phi) is 0.691. The highest BCUT2D eigenvalue weighted by atomic mass is 14.8. The number of hydrogen-bond donors (Lipinski definition) is 0. The number of rotatable bonds is 1. The largest absolute Gasteiger partial charge is 0.0661 e. The summed E-state index contributed by atoms with van der Waals surface area (Å²) in [7, 11) is 0. The third-order valence-electron chi connectivity index (χ3n) is 5.82. The number of fused-ring (bicyclic) bond motifs is 5. The molecule has 0 saturated heterocycles. The molecule has 0 heteroatoms. The van der Waals surface area contributed by atoms with Gasteiger partial charge >= 0.3 is 0 Å². The van der Waals surface area contributed by atoms with Gasteiger partial charge in [-0.2, -0.15) is 0 Å². The molecule has 0 aromatic carbocycles. The number of hydrogen-bond acceptors (Lipinski definition) is 0. The first-order valence-corrected chi connectivity index (χ1v) is 6.02. The molecule has 0 bridgehead atoms. The van der Waals surface area contributed by atoms with E-state index in [1.54, 1.807) is 19.3 Å². The van der Waals surface area contributed by atoms with Crippen LogP contribution in [0.5, 0.6) is 0 Å². The van der Waals surface area contributed by atoms with Gasteiger partial charge < -0.3 is 0 Å². The van der Waals surface area contributed by atoms with Crippen molar-refractivity contribution in [1.29, 1.82) is 0 Å². The molecule has 0 aliphatic heterocycles. The Hall–Kier alpha value is -0.260. The quantitative estimate of drug-likeness (QED) is 0.533. The summed E-state index contributed by atoms with van der Waals surface area (Å²) in [6.45, 7) is 2.56. The molecule has 5 atom stereocenters. The van der Waals surface area contributed by atoms with Crippen LogP contribution in [0.25, 0.3) is 0 Å². The van der Waals surface area contributed by atoms with E-state index in [0.717, 1.165) is 29.1 Å². The standard InChI is InChI=1S/C13H16/c1-13(2-3-13)12-9-5-8(9)10-6-4-7(6)11(10)12/h6-7,9,11-12H,2-5H2,1H3. The van der Waals surface area contributed by atoms with E-state index in [-0.39, 0.29) is 0 Å². The maximum Gasteiger partial charge on any atom is -0.0123 e. The fraction of sp³-hybridized carbons (Fsp3) is 0.846. The molecule has 5 aliphatic carbocycles. The van der Waals surface area contributed by atoms with E-state index in [2.05, 4.69) is 6.92 Å². The van der Waals surface area contributed by atoms with E-state index in [4.69, 9.17) is 0 Å². The summed E-state index contributed by atoms with van der Waals surface area (Å²) >= 11 is 0. The van der Waals surface area contributed by atoms with Crippen molar-refractivity contribution in [3.05, 3.63) is 11.1 Å². The summed E-state index contributed by atoms with van der Waals surface area (Å²) < 4.78 is 0. The van der Waals surface area contributed by atoms with E-state index < -0.39 is 0 Å². The molecule has 0 aromatic rings. The Bertz CT molecular complexity index is 358. The first-order valence-electron chi connectivity index (χ1n) is 6.02.